The van der Waals surface area contributed by atoms with Crippen molar-refractivity contribution in [1.82, 2.24) is 10.2 Å². The van der Waals surface area contributed by atoms with Gasteiger partial charge in [0.05, 0.1) is 11.1 Å². The predicted octanol–water partition coefficient (Wildman–Crippen LogP) is 0.528. The van der Waals surface area contributed by atoms with Gasteiger partial charge in [-0.2, -0.15) is 0 Å². The van der Waals surface area contributed by atoms with Crippen LogP contribution < -0.4 is 11.1 Å². The van der Waals surface area contributed by atoms with Gasteiger partial charge in [-0.05, 0) is 31.5 Å². The van der Waals surface area contributed by atoms with Crippen LogP contribution in [0.25, 0.3) is 0 Å². The molecule has 0 saturated carbocycles. The Hall–Kier alpha value is -2.21. The number of fused-ring (bicyclic) bond motifs is 1. The molecule has 112 valence electrons. The molecule has 0 aromatic heterocycles. The van der Waals surface area contributed by atoms with Crippen molar-refractivity contribution in [1.29, 1.82) is 0 Å². The third-order valence-corrected chi connectivity index (χ3v) is 3.38. The highest BCUT2D eigenvalue weighted by molar-refractivity contribution is 6.22. The van der Waals surface area contributed by atoms with Crippen LogP contribution in [0.4, 0.5) is 0 Å². The van der Waals surface area contributed by atoms with Gasteiger partial charge in [-0.25, -0.2) is 0 Å². The van der Waals surface area contributed by atoms with E-state index < -0.39 is 11.8 Å². The van der Waals surface area contributed by atoms with Crippen LogP contribution in [0.15, 0.2) is 24.3 Å². The summed E-state index contributed by atoms with van der Waals surface area (Å²) in [6, 6.07) is 6.59. The van der Waals surface area contributed by atoms with E-state index in [0.717, 1.165) is 24.2 Å². The summed E-state index contributed by atoms with van der Waals surface area (Å²) in [5, 5.41) is 2.71. The van der Waals surface area contributed by atoms with Gasteiger partial charge in [0.1, 0.15) is 6.54 Å². The van der Waals surface area contributed by atoms with Crippen LogP contribution in [-0.2, 0) is 4.79 Å². The van der Waals surface area contributed by atoms with Crippen molar-refractivity contribution < 1.29 is 14.4 Å². The van der Waals surface area contributed by atoms with Gasteiger partial charge in [0, 0.05) is 6.54 Å². The largest absolute Gasteiger partial charge is 0.355 e. The van der Waals surface area contributed by atoms with Gasteiger partial charge in [-0.15, -0.1) is 0 Å². The Kier molecular flexibility index (Phi) is 5.05. The molecule has 0 fully saturated rings. The molecule has 3 amide bonds. The quantitative estimate of drug-likeness (QED) is 0.565. The summed E-state index contributed by atoms with van der Waals surface area (Å²) in [5.41, 5.74) is 6.10. The minimum Gasteiger partial charge on any atom is -0.355 e. The third kappa shape index (κ3) is 3.46. The number of hydrogen-bond acceptors (Lipinski definition) is 4. The highest BCUT2D eigenvalue weighted by Gasteiger charge is 2.35. The van der Waals surface area contributed by atoms with E-state index in [0.29, 0.717) is 24.2 Å². The van der Waals surface area contributed by atoms with Crippen molar-refractivity contribution in [3.05, 3.63) is 35.4 Å². The van der Waals surface area contributed by atoms with Crippen LogP contribution in [0, 0.1) is 0 Å². The molecule has 0 unspecified atom stereocenters. The van der Waals surface area contributed by atoms with Gasteiger partial charge < -0.3 is 11.1 Å². The van der Waals surface area contributed by atoms with Gasteiger partial charge in [0.15, 0.2) is 0 Å². The molecule has 0 radical (unpaired) electrons. The summed E-state index contributed by atoms with van der Waals surface area (Å²) in [6.45, 7) is 0.939. The van der Waals surface area contributed by atoms with Gasteiger partial charge in [-0.3, -0.25) is 19.3 Å². The topological polar surface area (TPSA) is 92.5 Å². The lowest BCUT2D eigenvalue weighted by molar-refractivity contribution is -0.121. The van der Waals surface area contributed by atoms with E-state index in [-0.39, 0.29) is 12.5 Å². The standard InChI is InChI=1S/C15H19N3O3/c16-8-4-1-5-9-17-13(19)10-18-14(20)11-6-2-3-7-12(11)15(18)21/h2-3,6-7H,1,4-5,8-10,16H2,(H,17,19). The number of carbonyl (C=O) groups is 3. The van der Waals surface area contributed by atoms with E-state index in [4.69, 9.17) is 5.73 Å². The summed E-state index contributed by atoms with van der Waals surface area (Å²) < 4.78 is 0. The van der Waals surface area contributed by atoms with Gasteiger partial charge >= 0.3 is 0 Å². The van der Waals surface area contributed by atoms with Crippen molar-refractivity contribution in [3.63, 3.8) is 0 Å². The molecular formula is C15H19N3O3. The zero-order valence-electron chi connectivity index (χ0n) is 11.8. The summed E-state index contributed by atoms with van der Waals surface area (Å²) in [4.78, 5) is 36.9. The molecule has 0 atom stereocenters. The maximum Gasteiger partial charge on any atom is 0.262 e. The van der Waals surface area contributed by atoms with Crippen molar-refractivity contribution >= 4 is 17.7 Å². The first-order chi connectivity index (χ1) is 10.1. The Morgan fingerprint density at radius 3 is 2.24 bits per heavy atom. The second kappa shape index (κ2) is 6.99. The first kappa shape index (κ1) is 15.2. The zero-order chi connectivity index (χ0) is 15.2. The number of hydrogen-bond donors (Lipinski definition) is 2. The Balaban J connectivity index is 1.86. The van der Waals surface area contributed by atoms with Gasteiger partial charge in [0.2, 0.25) is 5.91 Å². The molecule has 1 aliphatic heterocycles. The summed E-state index contributed by atoms with van der Waals surface area (Å²) in [7, 11) is 0. The van der Waals surface area contributed by atoms with E-state index in [9.17, 15) is 14.4 Å². The number of benzene rings is 1. The van der Waals surface area contributed by atoms with E-state index in [1.807, 2.05) is 0 Å². The van der Waals surface area contributed by atoms with E-state index in [1.54, 1.807) is 24.3 Å². The number of nitrogens with zero attached hydrogens (tertiary/aromatic N) is 1. The van der Waals surface area contributed by atoms with Crippen molar-refractivity contribution in [2.75, 3.05) is 19.6 Å². The average Bonchev–Trinajstić information content (AvgIpc) is 2.73. The number of nitrogens with one attached hydrogen (secondary N) is 1. The Morgan fingerprint density at radius 1 is 1.05 bits per heavy atom. The summed E-state index contributed by atoms with van der Waals surface area (Å²) in [5.74, 6) is -1.14. The monoisotopic (exact) mass is 289 g/mol. The maximum atomic E-state index is 12.1. The fourth-order valence-corrected chi connectivity index (χ4v) is 2.26. The van der Waals surface area contributed by atoms with Crippen LogP contribution in [0.1, 0.15) is 40.0 Å². The smallest absolute Gasteiger partial charge is 0.262 e. The zero-order valence-corrected chi connectivity index (χ0v) is 11.8. The molecule has 1 aliphatic rings. The third-order valence-electron chi connectivity index (χ3n) is 3.38. The fourth-order valence-electron chi connectivity index (χ4n) is 2.26. The molecule has 0 bridgehead atoms. The molecule has 21 heavy (non-hydrogen) atoms. The highest BCUT2D eigenvalue weighted by atomic mass is 16.2. The molecule has 0 saturated heterocycles. The molecule has 3 N–H and O–H groups in total. The number of carbonyl (C=O) groups excluding carboxylic acids is 3. The second-order valence-electron chi connectivity index (χ2n) is 4.94. The van der Waals surface area contributed by atoms with Crippen LogP contribution in [0.2, 0.25) is 0 Å². The van der Waals surface area contributed by atoms with E-state index in [1.165, 1.54) is 0 Å². The van der Waals surface area contributed by atoms with Crippen LogP contribution >= 0.6 is 0 Å². The van der Waals surface area contributed by atoms with Crippen molar-refractivity contribution in [2.24, 2.45) is 5.73 Å². The van der Waals surface area contributed by atoms with E-state index in [2.05, 4.69) is 5.32 Å². The average molecular weight is 289 g/mol. The minimum absolute atomic E-state index is 0.233. The lowest BCUT2D eigenvalue weighted by atomic mass is 10.1. The molecule has 0 spiro atoms. The minimum atomic E-state index is -0.408. The lowest BCUT2D eigenvalue weighted by Crippen LogP contribution is -2.40. The fraction of sp³-hybridized carbons (Fsp3) is 0.400. The Bertz CT molecular complexity index is 522. The highest BCUT2D eigenvalue weighted by Crippen LogP contribution is 2.21. The number of amides is 3. The molecule has 6 heteroatoms. The molecule has 1 aromatic rings. The predicted molar refractivity (Wildman–Crippen MR) is 77.7 cm³/mol. The van der Waals surface area contributed by atoms with Crippen LogP contribution in [0.3, 0.4) is 0 Å². The molecule has 2 rings (SSSR count). The first-order valence-corrected chi connectivity index (χ1v) is 7.07. The first-order valence-electron chi connectivity index (χ1n) is 7.07. The molecule has 6 nitrogen and oxygen atoms in total. The molecular weight excluding hydrogens is 270 g/mol. The van der Waals surface area contributed by atoms with E-state index >= 15 is 0 Å². The van der Waals surface area contributed by atoms with Gasteiger partial charge in [0.25, 0.3) is 11.8 Å². The molecule has 0 aliphatic carbocycles. The van der Waals surface area contributed by atoms with Crippen molar-refractivity contribution in [2.45, 2.75) is 19.3 Å². The number of unbranched alkanes of at least 4 members (excludes halogenated alkanes) is 2. The van der Waals surface area contributed by atoms with Crippen LogP contribution in [0.5, 0.6) is 0 Å². The summed E-state index contributed by atoms with van der Waals surface area (Å²) in [6.07, 6.45) is 2.71. The SMILES string of the molecule is NCCCCCNC(=O)CN1C(=O)c2ccccc2C1=O. The van der Waals surface area contributed by atoms with Crippen LogP contribution in [-0.4, -0.2) is 42.3 Å². The van der Waals surface area contributed by atoms with Gasteiger partial charge in [-0.1, -0.05) is 18.6 Å². The lowest BCUT2D eigenvalue weighted by Gasteiger charge is -2.13. The second-order valence-corrected chi connectivity index (χ2v) is 4.94. The number of nitrogens with two attached hydrogens (primary N) is 1. The summed E-state index contributed by atoms with van der Waals surface area (Å²) >= 11 is 0. The maximum absolute atomic E-state index is 12.1. The Labute approximate surface area is 123 Å². The molecule has 1 aromatic carbocycles. The number of imide groups is 1. The molecule has 1 heterocycles. The van der Waals surface area contributed by atoms with Crippen molar-refractivity contribution in [3.8, 4) is 0 Å². The Morgan fingerprint density at radius 2 is 1.67 bits per heavy atom. The normalized spacial score (nSPS) is 13.5. The number of rotatable bonds is 7.